The van der Waals surface area contributed by atoms with Crippen LogP contribution in [0.25, 0.3) is 0 Å². The van der Waals surface area contributed by atoms with E-state index in [0.29, 0.717) is 24.6 Å². The third-order valence-electron chi connectivity index (χ3n) is 3.97. The number of para-hydroxylation sites is 1. The molecule has 0 heterocycles. The van der Waals surface area contributed by atoms with Crippen LogP contribution in [0.15, 0.2) is 24.3 Å². The second-order valence-corrected chi connectivity index (χ2v) is 5.50. The molecule has 1 aliphatic carbocycles. The Balaban J connectivity index is 2.25. The summed E-state index contributed by atoms with van der Waals surface area (Å²) in [6, 6.07) is 7.63. The molecule has 0 aromatic heterocycles. The van der Waals surface area contributed by atoms with E-state index in [2.05, 4.69) is 0 Å². The monoisotopic (exact) mass is 262 g/mol. The van der Waals surface area contributed by atoms with Crippen LogP contribution in [0.4, 0.5) is 5.69 Å². The summed E-state index contributed by atoms with van der Waals surface area (Å²) in [7, 11) is 1.42. The molecule has 1 unspecified atom stereocenters. The second kappa shape index (κ2) is 5.61. The summed E-state index contributed by atoms with van der Waals surface area (Å²) < 4.78 is 4.99. The molecule has 1 aliphatic rings. The van der Waals surface area contributed by atoms with Gasteiger partial charge in [0, 0.05) is 12.2 Å². The zero-order valence-corrected chi connectivity index (χ0v) is 11.4. The van der Waals surface area contributed by atoms with Crippen molar-refractivity contribution in [3.8, 4) is 0 Å². The molecule has 19 heavy (non-hydrogen) atoms. The Morgan fingerprint density at radius 2 is 2.11 bits per heavy atom. The molecule has 0 amide bonds. The average Bonchev–Trinajstić information content (AvgIpc) is 3.23. The van der Waals surface area contributed by atoms with Gasteiger partial charge in [-0.05, 0) is 30.4 Å². The van der Waals surface area contributed by atoms with Crippen molar-refractivity contribution >= 4 is 11.7 Å². The normalized spacial score (nSPS) is 17.8. The van der Waals surface area contributed by atoms with Gasteiger partial charge in [-0.25, -0.2) is 0 Å². The molecule has 4 N–H and O–H groups in total. The highest BCUT2D eigenvalue weighted by atomic mass is 16.5. The van der Waals surface area contributed by atoms with Crippen molar-refractivity contribution in [3.63, 3.8) is 0 Å². The highest BCUT2D eigenvalue weighted by Gasteiger charge is 2.43. The summed E-state index contributed by atoms with van der Waals surface area (Å²) in [4.78, 5) is 12.2. The van der Waals surface area contributed by atoms with Gasteiger partial charge < -0.3 is 16.2 Å². The van der Waals surface area contributed by atoms with Crippen molar-refractivity contribution in [2.45, 2.75) is 25.7 Å². The van der Waals surface area contributed by atoms with Crippen molar-refractivity contribution < 1.29 is 9.53 Å². The molecule has 2 rings (SSSR count). The van der Waals surface area contributed by atoms with E-state index >= 15 is 0 Å². The highest BCUT2D eigenvalue weighted by Crippen LogP contribution is 2.42. The lowest BCUT2D eigenvalue weighted by Crippen LogP contribution is -2.42. The second-order valence-electron chi connectivity index (χ2n) is 5.50. The minimum absolute atomic E-state index is 0.217. The molecule has 0 spiro atoms. The van der Waals surface area contributed by atoms with Crippen LogP contribution in [-0.4, -0.2) is 19.6 Å². The zero-order valence-electron chi connectivity index (χ0n) is 11.4. The molecule has 4 nitrogen and oxygen atoms in total. The summed E-state index contributed by atoms with van der Waals surface area (Å²) in [5, 5.41) is 0. The zero-order chi connectivity index (χ0) is 13.9. The first-order valence-corrected chi connectivity index (χ1v) is 6.73. The SMILES string of the molecule is COC(=O)C(CN)(Cc1ccccc1N)CC1CC1. The number of carbonyl (C=O) groups is 1. The van der Waals surface area contributed by atoms with E-state index in [1.165, 1.54) is 20.0 Å². The van der Waals surface area contributed by atoms with Crippen LogP contribution < -0.4 is 11.5 Å². The van der Waals surface area contributed by atoms with Crippen molar-refractivity contribution in [2.75, 3.05) is 19.4 Å². The summed E-state index contributed by atoms with van der Waals surface area (Å²) in [5.41, 5.74) is 12.9. The Morgan fingerprint density at radius 1 is 1.42 bits per heavy atom. The summed E-state index contributed by atoms with van der Waals surface area (Å²) in [6.07, 6.45) is 3.72. The van der Waals surface area contributed by atoms with Crippen molar-refractivity contribution in [1.29, 1.82) is 0 Å². The molecule has 0 aliphatic heterocycles. The quantitative estimate of drug-likeness (QED) is 0.604. The van der Waals surface area contributed by atoms with Gasteiger partial charge in [0.2, 0.25) is 0 Å². The Morgan fingerprint density at radius 3 is 2.63 bits per heavy atom. The molecule has 1 aromatic rings. The number of hydrogen-bond acceptors (Lipinski definition) is 4. The maximum Gasteiger partial charge on any atom is 0.313 e. The van der Waals surface area contributed by atoms with Crippen molar-refractivity contribution in [3.05, 3.63) is 29.8 Å². The fourth-order valence-electron chi connectivity index (χ4n) is 2.62. The lowest BCUT2D eigenvalue weighted by molar-refractivity contribution is -0.153. The molecule has 1 aromatic carbocycles. The summed E-state index contributed by atoms with van der Waals surface area (Å²) in [5.74, 6) is 0.387. The van der Waals surface area contributed by atoms with Crippen LogP contribution in [0.2, 0.25) is 0 Å². The first-order chi connectivity index (χ1) is 9.11. The smallest absolute Gasteiger partial charge is 0.313 e. The van der Waals surface area contributed by atoms with E-state index in [0.717, 1.165) is 12.0 Å². The lowest BCUT2D eigenvalue weighted by Gasteiger charge is -2.30. The average molecular weight is 262 g/mol. The highest BCUT2D eigenvalue weighted by molar-refractivity contribution is 5.78. The Kier molecular flexibility index (Phi) is 4.10. The van der Waals surface area contributed by atoms with E-state index in [-0.39, 0.29) is 5.97 Å². The van der Waals surface area contributed by atoms with E-state index < -0.39 is 5.41 Å². The van der Waals surface area contributed by atoms with Gasteiger partial charge >= 0.3 is 5.97 Å². The van der Waals surface area contributed by atoms with Crippen LogP contribution in [0.5, 0.6) is 0 Å². The van der Waals surface area contributed by atoms with Gasteiger partial charge in [-0.3, -0.25) is 4.79 Å². The predicted molar refractivity (Wildman–Crippen MR) is 75.4 cm³/mol. The van der Waals surface area contributed by atoms with Gasteiger partial charge in [-0.15, -0.1) is 0 Å². The lowest BCUT2D eigenvalue weighted by atomic mass is 9.76. The van der Waals surface area contributed by atoms with Crippen LogP contribution in [-0.2, 0) is 16.0 Å². The number of carbonyl (C=O) groups excluding carboxylic acids is 1. The number of hydrogen-bond donors (Lipinski definition) is 2. The number of rotatable bonds is 6. The van der Waals surface area contributed by atoms with E-state index in [4.69, 9.17) is 16.2 Å². The van der Waals surface area contributed by atoms with Gasteiger partial charge in [0.05, 0.1) is 12.5 Å². The molecule has 0 bridgehead atoms. The summed E-state index contributed by atoms with van der Waals surface area (Å²) in [6.45, 7) is 0.296. The number of nitrogens with two attached hydrogens (primary N) is 2. The number of anilines is 1. The number of methoxy groups -OCH3 is 1. The fraction of sp³-hybridized carbons (Fsp3) is 0.533. The van der Waals surface area contributed by atoms with Crippen LogP contribution in [0.1, 0.15) is 24.8 Å². The third kappa shape index (κ3) is 3.07. The maximum absolute atomic E-state index is 12.2. The fourth-order valence-corrected chi connectivity index (χ4v) is 2.62. The first kappa shape index (κ1) is 13.9. The Hall–Kier alpha value is -1.55. The van der Waals surface area contributed by atoms with Crippen molar-refractivity contribution in [1.82, 2.24) is 0 Å². The van der Waals surface area contributed by atoms with Crippen LogP contribution >= 0.6 is 0 Å². The summed E-state index contributed by atoms with van der Waals surface area (Å²) >= 11 is 0. The number of benzene rings is 1. The molecule has 1 atom stereocenters. The Bertz CT molecular complexity index is 457. The molecular formula is C15H22N2O2. The molecular weight excluding hydrogens is 240 g/mol. The molecule has 0 radical (unpaired) electrons. The molecule has 4 heteroatoms. The standard InChI is InChI=1S/C15H22N2O2/c1-19-14(18)15(10-16,8-11-6-7-11)9-12-4-2-3-5-13(12)17/h2-5,11H,6-10,16-17H2,1H3. The topological polar surface area (TPSA) is 78.3 Å². The van der Waals surface area contributed by atoms with E-state index in [1.54, 1.807) is 0 Å². The van der Waals surface area contributed by atoms with Crippen LogP contribution in [0.3, 0.4) is 0 Å². The maximum atomic E-state index is 12.2. The minimum atomic E-state index is -0.634. The Labute approximate surface area is 114 Å². The van der Waals surface area contributed by atoms with Crippen LogP contribution in [0, 0.1) is 11.3 Å². The molecule has 0 saturated heterocycles. The molecule has 1 fully saturated rings. The third-order valence-corrected chi connectivity index (χ3v) is 3.97. The van der Waals surface area contributed by atoms with Gasteiger partial charge in [-0.2, -0.15) is 0 Å². The van der Waals surface area contributed by atoms with Gasteiger partial charge in [-0.1, -0.05) is 31.0 Å². The minimum Gasteiger partial charge on any atom is -0.469 e. The first-order valence-electron chi connectivity index (χ1n) is 6.73. The van der Waals surface area contributed by atoms with E-state index in [9.17, 15) is 4.79 Å². The number of ether oxygens (including phenoxy) is 1. The predicted octanol–water partition coefficient (Wildman–Crippen LogP) is 1.73. The number of esters is 1. The molecule has 104 valence electrons. The van der Waals surface area contributed by atoms with Gasteiger partial charge in [0.25, 0.3) is 0 Å². The van der Waals surface area contributed by atoms with Crippen molar-refractivity contribution in [2.24, 2.45) is 17.1 Å². The molecule has 1 saturated carbocycles. The van der Waals surface area contributed by atoms with Gasteiger partial charge in [0.15, 0.2) is 0 Å². The van der Waals surface area contributed by atoms with E-state index in [1.807, 2.05) is 24.3 Å². The number of nitrogen functional groups attached to an aromatic ring is 1. The van der Waals surface area contributed by atoms with Gasteiger partial charge in [0.1, 0.15) is 0 Å². The largest absolute Gasteiger partial charge is 0.469 e.